The SMILES string of the molecule is CC(=O)N1CCN(S(=O)(=O)c2ccc(OCc3cccnc3C)cc2)C(C(=O)NO)C1. The Morgan fingerprint density at radius 3 is 2.55 bits per heavy atom. The van der Waals surface area contributed by atoms with E-state index in [1.165, 1.54) is 41.6 Å². The molecule has 2 heterocycles. The maximum absolute atomic E-state index is 13.1. The maximum Gasteiger partial charge on any atom is 0.263 e. The molecule has 2 aromatic rings. The number of nitrogens with zero attached hydrogens (tertiary/aromatic N) is 3. The molecule has 0 radical (unpaired) electrons. The summed E-state index contributed by atoms with van der Waals surface area (Å²) in [5, 5.41) is 9.03. The highest BCUT2D eigenvalue weighted by Gasteiger charge is 2.40. The maximum atomic E-state index is 13.1. The van der Waals surface area contributed by atoms with Crippen LogP contribution in [0.25, 0.3) is 0 Å². The minimum Gasteiger partial charge on any atom is -0.489 e. The molecule has 0 spiro atoms. The molecule has 3 rings (SSSR count). The first kappa shape index (κ1) is 22.7. The van der Waals surface area contributed by atoms with E-state index >= 15 is 0 Å². The van der Waals surface area contributed by atoms with Crippen molar-refractivity contribution in [3.8, 4) is 5.75 Å². The van der Waals surface area contributed by atoms with Crippen LogP contribution in [0.2, 0.25) is 0 Å². The van der Waals surface area contributed by atoms with Gasteiger partial charge in [-0.3, -0.25) is 19.8 Å². The summed E-state index contributed by atoms with van der Waals surface area (Å²) < 4.78 is 33.0. The fourth-order valence-corrected chi connectivity index (χ4v) is 4.87. The van der Waals surface area contributed by atoms with Gasteiger partial charge in [0.15, 0.2) is 0 Å². The molecule has 0 saturated carbocycles. The third-order valence-electron chi connectivity index (χ3n) is 5.13. The van der Waals surface area contributed by atoms with Crippen molar-refractivity contribution < 1.29 is 28.0 Å². The number of aryl methyl sites for hydroxylation is 1. The van der Waals surface area contributed by atoms with Gasteiger partial charge in [0.2, 0.25) is 15.9 Å². The van der Waals surface area contributed by atoms with Gasteiger partial charge in [-0.1, -0.05) is 6.07 Å². The summed E-state index contributed by atoms with van der Waals surface area (Å²) in [6.45, 7) is 3.43. The van der Waals surface area contributed by atoms with Crippen molar-refractivity contribution in [1.82, 2.24) is 19.7 Å². The van der Waals surface area contributed by atoms with Crippen molar-refractivity contribution >= 4 is 21.8 Å². The fourth-order valence-electron chi connectivity index (χ4n) is 3.30. The molecule has 10 nitrogen and oxygen atoms in total. The quantitative estimate of drug-likeness (QED) is 0.491. The number of sulfonamides is 1. The van der Waals surface area contributed by atoms with Crippen LogP contribution in [0.5, 0.6) is 5.75 Å². The molecule has 1 aliphatic rings. The molecule has 1 fully saturated rings. The van der Waals surface area contributed by atoms with Gasteiger partial charge in [0.05, 0.1) is 4.90 Å². The first-order chi connectivity index (χ1) is 14.7. The Hall–Kier alpha value is -3.02. The number of pyridine rings is 1. The van der Waals surface area contributed by atoms with E-state index in [1.54, 1.807) is 6.20 Å². The second-order valence-corrected chi connectivity index (χ2v) is 8.97. The number of ether oxygens (including phenoxy) is 1. The molecular formula is C20H24N4O6S. The van der Waals surface area contributed by atoms with Crippen LogP contribution in [-0.2, 0) is 26.2 Å². The zero-order valence-electron chi connectivity index (χ0n) is 17.2. The molecule has 0 bridgehead atoms. The number of benzene rings is 1. The molecule has 31 heavy (non-hydrogen) atoms. The predicted molar refractivity (Wildman–Crippen MR) is 110 cm³/mol. The Bertz CT molecular complexity index is 1060. The fraction of sp³-hybridized carbons (Fsp3) is 0.350. The largest absolute Gasteiger partial charge is 0.489 e. The van der Waals surface area contributed by atoms with E-state index < -0.39 is 22.0 Å². The minimum absolute atomic E-state index is 0.0237. The highest BCUT2D eigenvalue weighted by Crippen LogP contribution is 2.24. The van der Waals surface area contributed by atoms with Crippen LogP contribution < -0.4 is 10.2 Å². The van der Waals surface area contributed by atoms with Gasteiger partial charge < -0.3 is 9.64 Å². The van der Waals surface area contributed by atoms with E-state index in [0.717, 1.165) is 15.6 Å². The Morgan fingerprint density at radius 1 is 1.23 bits per heavy atom. The Labute approximate surface area is 180 Å². The van der Waals surface area contributed by atoms with E-state index in [4.69, 9.17) is 9.94 Å². The third kappa shape index (κ3) is 5.01. The molecule has 1 atom stereocenters. The summed E-state index contributed by atoms with van der Waals surface area (Å²) in [5.41, 5.74) is 3.25. The van der Waals surface area contributed by atoms with Gasteiger partial charge in [0.1, 0.15) is 18.4 Å². The number of carbonyl (C=O) groups excluding carboxylic acids is 2. The highest BCUT2D eigenvalue weighted by atomic mass is 32.2. The van der Waals surface area contributed by atoms with Crippen LogP contribution in [0.4, 0.5) is 0 Å². The number of amides is 2. The molecule has 1 aromatic carbocycles. The van der Waals surface area contributed by atoms with Crippen LogP contribution in [0, 0.1) is 6.92 Å². The van der Waals surface area contributed by atoms with Crippen LogP contribution in [0.3, 0.4) is 0 Å². The first-order valence-electron chi connectivity index (χ1n) is 9.58. The molecule has 11 heteroatoms. The normalized spacial score (nSPS) is 17.3. The first-order valence-corrected chi connectivity index (χ1v) is 11.0. The van der Waals surface area contributed by atoms with E-state index in [9.17, 15) is 18.0 Å². The van der Waals surface area contributed by atoms with E-state index in [0.29, 0.717) is 5.75 Å². The summed E-state index contributed by atoms with van der Waals surface area (Å²) in [5.74, 6) is -0.701. The lowest BCUT2D eigenvalue weighted by Gasteiger charge is -2.38. The molecule has 2 amide bonds. The number of hydroxylamine groups is 1. The van der Waals surface area contributed by atoms with Gasteiger partial charge in [0, 0.05) is 44.0 Å². The van der Waals surface area contributed by atoms with E-state index in [2.05, 4.69) is 4.98 Å². The lowest BCUT2D eigenvalue weighted by atomic mass is 10.2. The third-order valence-corrected chi connectivity index (χ3v) is 7.05. The van der Waals surface area contributed by atoms with Crippen molar-refractivity contribution in [3.05, 3.63) is 53.9 Å². The number of aromatic nitrogens is 1. The summed E-state index contributed by atoms with van der Waals surface area (Å²) in [6.07, 6.45) is 1.69. The average Bonchev–Trinajstić information content (AvgIpc) is 2.77. The molecule has 166 valence electrons. The van der Waals surface area contributed by atoms with Crippen molar-refractivity contribution in [2.45, 2.75) is 31.4 Å². The number of rotatable bonds is 6. The number of carbonyl (C=O) groups is 2. The van der Waals surface area contributed by atoms with Gasteiger partial charge in [0.25, 0.3) is 5.91 Å². The van der Waals surface area contributed by atoms with Gasteiger partial charge in [-0.2, -0.15) is 4.31 Å². The van der Waals surface area contributed by atoms with E-state index in [-0.39, 0.29) is 37.0 Å². The zero-order chi connectivity index (χ0) is 22.6. The summed E-state index contributed by atoms with van der Waals surface area (Å²) in [7, 11) is -4.05. The zero-order valence-corrected chi connectivity index (χ0v) is 18.0. The monoisotopic (exact) mass is 448 g/mol. The molecular weight excluding hydrogens is 424 g/mol. The molecule has 2 N–H and O–H groups in total. The number of piperazine rings is 1. The van der Waals surface area contributed by atoms with Gasteiger partial charge in [-0.15, -0.1) is 0 Å². The molecule has 1 aliphatic heterocycles. The topological polar surface area (TPSA) is 129 Å². The lowest BCUT2D eigenvalue weighted by Crippen LogP contribution is -2.60. The number of nitrogens with one attached hydrogen (secondary N) is 1. The smallest absolute Gasteiger partial charge is 0.263 e. The van der Waals surface area contributed by atoms with Crippen LogP contribution in [0.15, 0.2) is 47.5 Å². The molecule has 1 aromatic heterocycles. The van der Waals surface area contributed by atoms with Crippen molar-refractivity contribution in [2.24, 2.45) is 0 Å². The number of hydrogen-bond donors (Lipinski definition) is 2. The van der Waals surface area contributed by atoms with Gasteiger partial charge in [-0.25, -0.2) is 13.9 Å². The Balaban J connectivity index is 1.76. The van der Waals surface area contributed by atoms with Gasteiger partial charge >= 0.3 is 0 Å². The summed E-state index contributed by atoms with van der Waals surface area (Å²) >= 11 is 0. The Morgan fingerprint density at radius 2 is 1.94 bits per heavy atom. The summed E-state index contributed by atoms with van der Waals surface area (Å²) in [6, 6.07) is 8.33. The standard InChI is InChI=1S/C20H24N4O6S/c1-14-16(4-3-9-21-14)13-30-17-5-7-18(8-6-17)31(28,29)24-11-10-23(15(2)25)12-19(24)20(26)22-27/h3-9,19,27H,10-13H2,1-2H3,(H,22,26). The Kier molecular flexibility index (Phi) is 6.88. The average molecular weight is 449 g/mol. The van der Waals surface area contributed by atoms with Crippen molar-refractivity contribution in [1.29, 1.82) is 0 Å². The van der Waals surface area contributed by atoms with E-state index in [1.807, 2.05) is 19.1 Å². The van der Waals surface area contributed by atoms with Crippen LogP contribution >= 0.6 is 0 Å². The van der Waals surface area contributed by atoms with Crippen molar-refractivity contribution in [2.75, 3.05) is 19.6 Å². The second kappa shape index (κ2) is 9.41. The highest BCUT2D eigenvalue weighted by molar-refractivity contribution is 7.89. The predicted octanol–water partition coefficient (Wildman–Crippen LogP) is 0.696. The van der Waals surface area contributed by atoms with Crippen LogP contribution in [-0.4, -0.2) is 65.3 Å². The van der Waals surface area contributed by atoms with Gasteiger partial charge in [-0.05, 0) is 37.3 Å². The van der Waals surface area contributed by atoms with Crippen molar-refractivity contribution in [3.63, 3.8) is 0 Å². The summed E-state index contributed by atoms with van der Waals surface area (Å²) in [4.78, 5) is 29.3. The second-order valence-electron chi connectivity index (χ2n) is 7.08. The molecule has 0 aliphatic carbocycles. The molecule has 1 saturated heterocycles. The molecule has 1 unspecified atom stereocenters. The minimum atomic E-state index is -4.05. The number of hydrogen-bond acceptors (Lipinski definition) is 7. The lowest BCUT2D eigenvalue weighted by molar-refractivity contribution is -0.138. The van der Waals surface area contributed by atoms with Crippen LogP contribution in [0.1, 0.15) is 18.2 Å².